The highest BCUT2D eigenvalue weighted by Crippen LogP contribution is 2.28. The number of aromatic nitrogens is 4. The first-order valence-corrected chi connectivity index (χ1v) is 11.1. The van der Waals surface area contributed by atoms with E-state index in [4.69, 9.17) is 0 Å². The van der Waals surface area contributed by atoms with E-state index in [9.17, 15) is 8.42 Å². The lowest BCUT2D eigenvalue weighted by molar-refractivity contribution is 0.525. The molecule has 1 aromatic carbocycles. The molecule has 29 heavy (non-hydrogen) atoms. The summed E-state index contributed by atoms with van der Waals surface area (Å²) in [5.41, 5.74) is 3.60. The van der Waals surface area contributed by atoms with Gasteiger partial charge in [-0.25, -0.2) is 28.4 Å². The van der Waals surface area contributed by atoms with Crippen LogP contribution in [-0.2, 0) is 9.84 Å². The lowest BCUT2D eigenvalue weighted by atomic mass is 10.1. The van der Waals surface area contributed by atoms with Gasteiger partial charge in [0.05, 0.1) is 10.1 Å². The fraction of sp³-hybridized carbons (Fsp3) is 0.333. The van der Waals surface area contributed by atoms with Crippen LogP contribution in [0.2, 0.25) is 0 Å². The van der Waals surface area contributed by atoms with E-state index in [-0.39, 0.29) is 0 Å². The Morgan fingerprint density at radius 1 is 0.897 bits per heavy atom. The summed E-state index contributed by atoms with van der Waals surface area (Å²) in [6.07, 6.45) is 6.01. The number of nitrogens with zero attached hydrogens (tertiary/aromatic N) is 5. The third-order valence-electron chi connectivity index (χ3n) is 5.21. The van der Waals surface area contributed by atoms with Crippen LogP contribution < -0.4 is 4.90 Å². The quantitative estimate of drug-likeness (QED) is 0.654. The van der Waals surface area contributed by atoms with Crippen molar-refractivity contribution in [2.24, 2.45) is 0 Å². The average Bonchev–Trinajstić information content (AvgIpc) is 2.74. The molecular weight excluding hydrogens is 386 g/mol. The number of aryl methyl sites for hydroxylation is 2. The second-order valence-electron chi connectivity index (χ2n) is 7.33. The second kappa shape index (κ2) is 7.87. The molecule has 0 bridgehead atoms. The summed E-state index contributed by atoms with van der Waals surface area (Å²) in [4.78, 5) is 19.4. The van der Waals surface area contributed by atoms with E-state index in [1.807, 2.05) is 32.0 Å². The molecule has 1 aliphatic heterocycles. The van der Waals surface area contributed by atoms with Crippen molar-refractivity contribution in [3.05, 3.63) is 60.4 Å². The van der Waals surface area contributed by atoms with Crippen molar-refractivity contribution in [3.63, 3.8) is 0 Å². The Balaban J connectivity index is 1.47. The number of rotatable bonds is 4. The van der Waals surface area contributed by atoms with Gasteiger partial charge in [-0.05, 0) is 50.5 Å². The van der Waals surface area contributed by atoms with Gasteiger partial charge in [-0.3, -0.25) is 0 Å². The van der Waals surface area contributed by atoms with Crippen LogP contribution in [0.1, 0.15) is 24.2 Å². The Kier molecular flexibility index (Phi) is 5.27. The number of sulfone groups is 1. The van der Waals surface area contributed by atoms with Crippen molar-refractivity contribution in [1.82, 2.24) is 19.9 Å². The minimum Gasteiger partial charge on any atom is -0.341 e. The fourth-order valence-corrected chi connectivity index (χ4v) is 5.42. The normalized spacial score (nSPS) is 15.4. The van der Waals surface area contributed by atoms with Gasteiger partial charge in [-0.15, -0.1) is 0 Å². The van der Waals surface area contributed by atoms with Crippen LogP contribution in [0.15, 0.2) is 53.9 Å². The van der Waals surface area contributed by atoms with Crippen molar-refractivity contribution in [2.75, 3.05) is 18.0 Å². The SMILES string of the molecule is Cc1cc(C)nc(N2CCC(S(=O)(=O)c3ccc(-c4cncnc4)cc3)CC2)n1. The molecule has 7 nitrogen and oxygen atoms in total. The number of hydrogen-bond donors (Lipinski definition) is 0. The van der Waals surface area contributed by atoms with Crippen molar-refractivity contribution >= 4 is 15.8 Å². The van der Waals surface area contributed by atoms with Crippen LogP contribution in [0.4, 0.5) is 5.95 Å². The maximum Gasteiger partial charge on any atom is 0.225 e. The molecule has 150 valence electrons. The maximum atomic E-state index is 13.1. The van der Waals surface area contributed by atoms with Crippen LogP contribution in [-0.4, -0.2) is 46.7 Å². The molecule has 0 unspecified atom stereocenters. The molecule has 8 heteroatoms. The number of benzene rings is 1. The predicted molar refractivity (Wildman–Crippen MR) is 111 cm³/mol. The van der Waals surface area contributed by atoms with Crippen LogP contribution in [0.5, 0.6) is 0 Å². The Labute approximate surface area is 170 Å². The van der Waals surface area contributed by atoms with E-state index < -0.39 is 15.1 Å². The van der Waals surface area contributed by atoms with E-state index in [1.54, 1.807) is 24.5 Å². The van der Waals surface area contributed by atoms with E-state index >= 15 is 0 Å². The number of hydrogen-bond acceptors (Lipinski definition) is 7. The molecule has 1 saturated heterocycles. The van der Waals surface area contributed by atoms with Crippen molar-refractivity contribution in [1.29, 1.82) is 0 Å². The van der Waals surface area contributed by atoms with Gasteiger partial charge in [-0.1, -0.05) is 12.1 Å². The summed E-state index contributed by atoms with van der Waals surface area (Å²) in [7, 11) is -3.38. The highest BCUT2D eigenvalue weighted by molar-refractivity contribution is 7.92. The highest BCUT2D eigenvalue weighted by atomic mass is 32.2. The van der Waals surface area contributed by atoms with Gasteiger partial charge in [0.1, 0.15) is 6.33 Å². The van der Waals surface area contributed by atoms with Gasteiger partial charge in [0, 0.05) is 42.4 Å². The summed E-state index contributed by atoms with van der Waals surface area (Å²) in [5, 5.41) is -0.393. The van der Waals surface area contributed by atoms with Crippen LogP contribution in [0.25, 0.3) is 11.1 Å². The molecule has 4 rings (SSSR count). The van der Waals surface area contributed by atoms with E-state index in [1.165, 1.54) is 6.33 Å². The Hall–Kier alpha value is -2.87. The monoisotopic (exact) mass is 409 g/mol. The fourth-order valence-electron chi connectivity index (χ4n) is 3.69. The molecule has 0 radical (unpaired) electrons. The minimum absolute atomic E-state index is 0.360. The molecular formula is C21H23N5O2S. The molecule has 0 aliphatic carbocycles. The number of piperidine rings is 1. The zero-order chi connectivity index (χ0) is 20.4. The molecule has 1 aliphatic rings. The Morgan fingerprint density at radius 2 is 1.48 bits per heavy atom. The third kappa shape index (κ3) is 4.12. The summed E-state index contributed by atoms with van der Waals surface area (Å²) in [5.74, 6) is 0.688. The minimum atomic E-state index is -3.38. The van der Waals surface area contributed by atoms with E-state index in [0.29, 0.717) is 36.8 Å². The lowest BCUT2D eigenvalue weighted by Crippen LogP contribution is -2.40. The molecule has 0 saturated carbocycles. The molecule has 0 N–H and O–H groups in total. The molecule has 0 spiro atoms. The van der Waals surface area contributed by atoms with Crippen molar-refractivity contribution < 1.29 is 8.42 Å². The van der Waals surface area contributed by atoms with Crippen LogP contribution in [0, 0.1) is 13.8 Å². The van der Waals surface area contributed by atoms with Crippen molar-refractivity contribution in [3.8, 4) is 11.1 Å². The topological polar surface area (TPSA) is 88.9 Å². The molecule has 3 aromatic rings. The third-order valence-corrected chi connectivity index (χ3v) is 7.49. The standard InChI is InChI=1S/C21H23N5O2S/c1-15-11-16(2)25-21(24-15)26-9-7-20(8-10-26)29(27,28)19-5-3-17(4-6-19)18-12-22-14-23-13-18/h3-6,11-14,20H,7-10H2,1-2H3. The molecule has 0 amide bonds. The first kappa shape index (κ1) is 19.4. The second-order valence-corrected chi connectivity index (χ2v) is 9.56. The Bertz CT molecular complexity index is 1070. The summed E-state index contributed by atoms with van der Waals surface area (Å²) in [6.45, 7) is 5.15. The smallest absolute Gasteiger partial charge is 0.225 e. The maximum absolute atomic E-state index is 13.1. The van der Waals surface area contributed by atoms with Gasteiger partial charge < -0.3 is 4.90 Å². The molecule has 0 atom stereocenters. The lowest BCUT2D eigenvalue weighted by Gasteiger charge is -2.32. The zero-order valence-electron chi connectivity index (χ0n) is 16.5. The Morgan fingerprint density at radius 3 is 2.07 bits per heavy atom. The molecule has 1 fully saturated rings. The molecule has 3 heterocycles. The molecule has 2 aromatic heterocycles. The summed E-state index contributed by atoms with van der Waals surface area (Å²) < 4.78 is 26.2. The van der Waals surface area contributed by atoms with Gasteiger partial charge in [-0.2, -0.15) is 0 Å². The van der Waals surface area contributed by atoms with Crippen LogP contribution >= 0.6 is 0 Å². The highest BCUT2D eigenvalue weighted by Gasteiger charge is 2.32. The van der Waals surface area contributed by atoms with E-state index in [2.05, 4.69) is 24.8 Å². The summed E-state index contributed by atoms with van der Waals surface area (Å²) >= 11 is 0. The average molecular weight is 410 g/mol. The first-order chi connectivity index (χ1) is 13.9. The van der Waals surface area contributed by atoms with E-state index in [0.717, 1.165) is 22.5 Å². The van der Waals surface area contributed by atoms with Crippen LogP contribution in [0.3, 0.4) is 0 Å². The van der Waals surface area contributed by atoms with Gasteiger partial charge in [0.15, 0.2) is 9.84 Å². The summed E-state index contributed by atoms with van der Waals surface area (Å²) in [6, 6.07) is 8.91. The largest absolute Gasteiger partial charge is 0.341 e. The van der Waals surface area contributed by atoms with Crippen molar-refractivity contribution in [2.45, 2.75) is 36.8 Å². The number of anilines is 1. The first-order valence-electron chi connectivity index (χ1n) is 9.60. The van der Waals surface area contributed by atoms with Gasteiger partial charge >= 0.3 is 0 Å². The van der Waals surface area contributed by atoms with Gasteiger partial charge in [0.2, 0.25) is 5.95 Å². The van der Waals surface area contributed by atoms with Gasteiger partial charge in [0.25, 0.3) is 0 Å². The zero-order valence-corrected chi connectivity index (χ0v) is 17.3. The predicted octanol–water partition coefficient (Wildman–Crippen LogP) is 2.99.